The van der Waals surface area contributed by atoms with Crippen molar-refractivity contribution in [3.8, 4) is 5.75 Å². The fourth-order valence-electron chi connectivity index (χ4n) is 1.67. The Hall–Kier alpha value is -0.720. The van der Waals surface area contributed by atoms with Crippen LogP contribution in [0.2, 0.25) is 0 Å². The summed E-state index contributed by atoms with van der Waals surface area (Å²) in [5.41, 5.74) is 7.08. The SMILES string of the molecule is COc1ccc(C(SCCS(C)(=O)=O)C(C)N)cc1. The summed E-state index contributed by atoms with van der Waals surface area (Å²) in [5, 5.41) is 0.0904. The lowest BCUT2D eigenvalue weighted by molar-refractivity contribution is 0.414. The molecule has 108 valence electrons. The molecular weight excluding hydrogens is 282 g/mol. The molecule has 0 aromatic heterocycles. The first-order chi connectivity index (χ1) is 8.83. The molecule has 0 amide bonds. The molecule has 2 N–H and O–H groups in total. The Labute approximate surface area is 119 Å². The second-order valence-electron chi connectivity index (χ2n) is 4.55. The van der Waals surface area contributed by atoms with Crippen LogP contribution in [-0.4, -0.2) is 39.3 Å². The molecule has 0 aliphatic rings. The molecule has 1 aromatic carbocycles. The lowest BCUT2D eigenvalue weighted by Gasteiger charge is -2.21. The minimum atomic E-state index is -2.92. The summed E-state index contributed by atoms with van der Waals surface area (Å²) >= 11 is 1.58. The highest BCUT2D eigenvalue weighted by Gasteiger charge is 2.17. The molecule has 2 atom stereocenters. The Kier molecular flexibility index (Phi) is 6.16. The van der Waals surface area contributed by atoms with E-state index in [4.69, 9.17) is 10.5 Å². The van der Waals surface area contributed by atoms with E-state index < -0.39 is 9.84 Å². The van der Waals surface area contributed by atoms with Gasteiger partial charge in [0.2, 0.25) is 0 Å². The Balaban J connectivity index is 2.71. The maximum absolute atomic E-state index is 11.1. The van der Waals surface area contributed by atoms with Crippen molar-refractivity contribution in [2.75, 3.05) is 24.9 Å². The van der Waals surface area contributed by atoms with E-state index in [2.05, 4.69) is 0 Å². The summed E-state index contributed by atoms with van der Waals surface area (Å²) in [7, 11) is -1.30. The van der Waals surface area contributed by atoms with Crippen molar-refractivity contribution in [3.05, 3.63) is 29.8 Å². The van der Waals surface area contributed by atoms with E-state index in [1.54, 1.807) is 18.9 Å². The zero-order valence-electron chi connectivity index (χ0n) is 11.5. The lowest BCUT2D eigenvalue weighted by Crippen LogP contribution is -2.23. The first-order valence-electron chi connectivity index (χ1n) is 6.02. The van der Waals surface area contributed by atoms with Crippen LogP contribution in [0.1, 0.15) is 17.7 Å². The van der Waals surface area contributed by atoms with Crippen LogP contribution >= 0.6 is 11.8 Å². The molecule has 6 heteroatoms. The van der Waals surface area contributed by atoms with Gasteiger partial charge in [-0.25, -0.2) is 8.42 Å². The van der Waals surface area contributed by atoms with Gasteiger partial charge in [-0.3, -0.25) is 0 Å². The number of ether oxygens (including phenoxy) is 1. The Morgan fingerprint density at radius 3 is 2.32 bits per heavy atom. The summed E-state index contributed by atoms with van der Waals surface area (Å²) in [6.45, 7) is 1.93. The van der Waals surface area contributed by atoms with Gasteiger partial charge in [-0.1, -0.05) is 12.1 Å². The Morgan fingerprint density at radius 2 is 1.89 bits per heavy atom. The minimum absolute atomic E-state index is 0.0436. The second kappa shape index (κ2) is 7.17. The predicted molar refractivity (Wildman–Crippen MR) is 81.6 cm³/mol. The van der Waals surface area contributed by atoms with Gasteiger partial charge in [0.1, 0.15) is 15.6 Å². The zero-order valence-corrected chi connectivity index (χ0v) is 13.1. The lowest BCUT2D eigenvalue weighted by atomic mass is 10.1. The number of sulfone groups is 1. The van der Waals surface area contributed by atoms with Crippen molar-refractivity contribution >= 4 is 21.6 Å². The van der Waals surface area contributed by atoms with Crippen LogP contribution in [0.4, 0.5) is 0 Å². The number of methoxy groups -OCH3 is 1. The second-order valence-corrected chi connectivity index (χ2v) is 8.06. The van der Waals surface area contributed by atoms with Gasteiger partial charge in [0.15, 0.2) is 0 Å². The van der Waals surface area contributed by atoms with Crippen LogP contribution < -0.4 is 10.5 Å². The van der Waals surface area contributed by atoms with Crippen LogP contribution in [0.3, 0.4) is 0 Å². The van der Waals surface area contributed by atoms with Gasteiger partial charge in [-0.2, -0.15) is 11.8 Å². The zero-order chi connectivity index (χ0) is 14.5. The van der Waals surface area contributed by atoms with E-state index in [1.165, 1.54) is 6.26 Å². The predicted octanol–water partition coefficient (Wildman–Crippen LogP) is 1.86. The third kappa shape index (κ3) is 5.84. The van der Waals surface area contributed by atoms with Gasteiger partial charge in [-0.05, 0) is 24.6 Å². The summed E-state index contributed by atoms with van der Waals surface area (Å²) in [6, 6.07) is 7.68. The maximum Gasteiger partial charge on any atom is 0.148 e. The van der Waals surface area contributed by atoms with Crippen LogP contribution in [0.25, 0.3) is 0 Å². The molecule has 1 aromatic rings. The molecule has 0 aliphatic carbocycles. The van der Waals surface area contributed by atoms with E-state index in [-0.39, 0.29) is 17.0 Å². The van der Waals surface area contributed by atoms with Gasteiger partial charge in [-0.15, -0.1) is 0 Å². The first-order valence-corrected chi connectivity index (χ1v) is 9.13. The van der Waals surface area contributed by atoms with Crippen molar-refractivity contribution in [1.82, 2.24) is 0 Å². The molecule has 0 saturated heterocycles. The molecule has 0 bridgehead atoms. The average Bonchev–Trinajstić information content (AvgIpc) is 2.33. The number of thioether (sulfide) groups is 1. The number of nitrogens with two attached hydrogens (primary N) is 1. The summed E-state index contributed by atoms with van der Waals surface area (Å²) in [5.74, 6) is 1.53. The summed E-state index contributed by atoms with van der Waals surface area (Å²) in [4.78, 5) is 0. The Bertz CT molecular complexity index is 483. The number of benzene rings is 1. The molecule has 0 spiro atoms. The first kappa shape index (κ1) is 16.3. The summed E-state index contributed by atoms with van der Waals surface area (Å²) in [6.07, 6.45) is 1.25. The maximum atomic E-state index is 11.1. The van der Waals surface area contributed by atoms with E-state index in [0.29, 0.717) is 5.75 Å². The van der Waals surface area contributed by atoms with Crippen molar-refractivity contribution in [1.29, 1.82) is 0 Å². The van der Waals surface area contributed by atoms with E-state index >= 15 is 0 Å². The molecule has 0 saturated carbocycles. The van der Waals surface area contributed by atoms with Crippen LogP contribution in [-0.2, 0) is 9.84 Å². The number of hydrogen-bond acceptors (Lipinski definition) is 5. The number of hydrogen-bond donors (Lipinski definition) is 1. The normalized spacial score (nSPS) is 14.9. The third-order valence-electron chi connectivity index (χ3n) is 2.67. The van der Waals surface area contributed by atoms with Gasteiger partial charge >= 0.3 is 0 Å². The number of rotatable bonds is 7. The molecule has 1 rings (SSSR count). The van der Waals surface area contributed by atoms with E-state index in [1.807, 2.05) is 31.2 Å². The van der Waals surface area contributed by atoms with Gasteiger partial charge in [0.25, 0.3) is 0 Å². The molecule has 0 aliphatic heterocycles. The topological polar surface area (TPSA) is 69.4 Å². The highest BCUT2D eigenvalue weighted by Crippen LogP contribution is 2.32. The van der Waals surface area contributed by atoms with Crippen molar-refractivity contribution in [2.45, 2.75) is 18.2 Å². The molecule has 0 heterocycles. The van der Waals surface area contributed by atoms with Crippen molar-refractivity contribution < 1.29 is 13.2 Å². The molecule has 0 fully saturated rings. The fourth-order valence-corrected chi connectivity index (χ4v) is 4.17. The minimum Gasteiger partial charge on any atom is -0.497 e. The van der Waals surface area contributed by atoms with Crippen molar-refractivity contribution in [3.63, 3.8) is 0 Å². The van der Waals surface area contributed by atoms with Gasteiger partial charge in [0.05, 0.1) is 12.9 Å². The standard InChI is InChI=1S/C13H21NO3S2/c1-10(14)13(18-8-9-19(3,15)16)11-4-6-12(17-2)7-5-11/h4-7,10,13H,8-9,14H2,1-3H3. The molecular formula is C13H21NO3S2. The average molecular weight is 303 g/mol. The van der Waals surface area contributed by atoms with Crippen molar-refractivity contribution in [2.24, 2.45) is 5.73 Å². The smallest absolute Gasteiger partial charge is 0.148 e. The Morgan fingerprint density at radius 1 is 1.32 bits per heavy atom. The monoisotopic (exact) mass is 303 g/mol. The quantitative estimate of drug-likeness (QED) is 0.832. The summed E-state index contributed by atoms with van der Waals surface area (Å²) < 4.78 is 27.4. The molecule has 19 heavy (non-hydrogen) atoms. The molecule has 2 unspecified atom stereocenters. The van der Waals surface area contributed by atoms with E-state index in [0.717, 1.165) is 11.3 Å². The third-order valence-corrected chi connectivity index (χ3v) is 5.38. The van der Waals surface area contributed by atoms with Gasteiger partial charge < -0.3 is 10.5 Å². The van der Waals surface area contributed by atoms with E-state index in [9.17, 15) is 8.42 Å². The molecule has 4 nitrogen and oxygen atoms in total. The van der Waals surface area contributed by atoms with Crippen LogP contribution in [0.5, 0.6) is 5.75 Å². The van der Waals surface area contributed by atoms with Gasteiger partial charge in [0, 0.05) is 23.3 Å². The highest BCUT2D eigenvalue weighted by molar-refractivity contribution is 8.00. The highest BCUT2D eigenvalue weighted by atomic mass is 32.2. The largest absolute Gasteiger partial charge is 0.497 e. The van der Waals surface area contributed by atoms with Crippen LogP contribution in [0, 0.1) is 0 Å². The van der Waals surface area contributed by atoms with Crippen LogP contribution in [0.15, 0.2) is 24.3 Å². The fraction of sp³-hybridized carbons (Fsp3) is 0.538. The molecule has 0 radical (unpaired) electrons.